The smallest absolute Gasteiger partial charge is 0.251 e. The standard InChI is InChI=1S/C21H25N3O2/c1-16-3-5-17(6-4-16)9-12-20(25)24-15-18-7-10-19(11-8-18)21(26)23-14-2-13-22/h3-12H,2,13-15,22H2,1H3,(H,23,26)(H,24,25)/b12-9+. The van der Waals surface area contributed by atoms with Crippen molar-refractivity contribution in [1.82, 2.24) is 10.6 Å². The molecule has 5 heteroatoms. The molecule has 0 unspecified atom stereocenters. The zero-order valence-electron chi connectivity index (χ0n) is 15.0. The van der Waals surface area contributed by atoms with Gasteiger partial charge < -0.3 is 16.4 Å². The number of aryl methyl sites for hydroxylation is 1. The average molecular weight is 351 g/mol. The van der Waals surface area contributed by atoms with Crippen LogP contribution in [0.5, 0.6) is 0 Å². The Morgan fingerprint density at radius 3 is 2.35 bits per heavy atom. The Morgan fingerprint density at radius 2 is 1.69 bits per heavy atom. The van der Waals surface area contributed by atoms with Crippen molar-refractivity contribution in [3.8, 4) is 0 Å². The van der Waals surface area contributed by atoms with Crippen LogP contribution in [0.4, 0.5) is 0 Å². The summed E-state index contributed by atoms with van der Waals surface area (Å²) in [5, 5.41) is 5.64. The number of benzene rings is 2. The van der Waals surface area contributed by atoms with Gasteiger partial charge in [0.2, 0.25) is 5.91 Å². The molecular weight excluding hydrogens is 326 g/mol. The number of rotatable bonds is 8. The van der Waals surface area contributed by atoms with Crippen LogP contribution in [0.15, 0.2) is 54.6 Å². The highest BCUT2D eigenvalue weighted by molar-refractivity contribution is 5.94. The minimum Gasteiger partial charge on any atom is -0.352 e. The van der Waals surface area contributed by atoms with E-state index < -0.39 is 0 Å². The molecular formula is C21H25N3O2. The van der Waals surface area contributed by atoms with Gasteiger partial charge in [0.25, 0.3) is 5.91 Å². The zero-order valence-corrected chi connectivity index (χ0v) is 15.0. The molecule has 2 amide bonds. The Morgan fingerprint density at radius 1 is 1.00 bits per heavy atom. The van der Waals surface area contributed by atoms with Crippen molar-refractivity contribution >= 4 is 17.9 Å². The molecule has 0 saturated heterocycles. The summed E-state index contributed by atoms with van der Waals surface area (Å²) in [5.74, 6) is -0.274. The van der Waals surface area contributed by atoms with E-state index in [-0.39, 0.29) is 11.8 Å². The predicted octanol–water partition coefficient (Wildman–Crippen LogP) is 2.40. The minimum absolute atomic E-state index is 0.116. The minimum atomic E-state index is -0.158. The van der Waals surface area contributed by atoms with Crippen molar-refractivity contribution in [2.75, 3.05) is 13.1 Å². The molecule has 0 saturated carbocycles. The van der Waals surface area contributed by atoms with E-state index in [0.29, 0.717) is 25.2 Å². The molecule has 2 rings (SSSR count). The molecule has 0 aromatic heterocycles. The SMILES string of the molecule is Cc1ccc(/C=C/C(=O)NCc2ccc(C(=O)NCCCN)cc2)cc1. The lowest BCUT2D eigenvalue weighted by molar-refractivity contribution is -0.116. The van der Waals surface area contributed by atoms with Crippen LogP contribution in [0.3, 0.4) is 0 Å². The van der Waals surface area contributed by atoms with Crippen LogP contribution in [-0.2, 0) is 11.3 Å². The molecule has 0 atom stereocenters. The fraction of sp³-hybridized carbons (Fsp3) is 0.238. The summed E-state index contributed by atoms with van der Waals surface area (Å²) >= 11 is 0. The first-order chi connectivity index (χ1) is 12.6. The van der Waals surface area contributed by atoms with Crippen molar-refractivity contribution in [3.05, 3.63) is 76.9 Å². The van der Waals surface area contributed by atoms with Gasteiger partial charge in [-0.15, -0.1) is 0 Å². The molecule has 0 aliphatic rings. The van der Waals surface area contributed by atoms with Gasteiger partial charge in [-0.1, -0.05) is 42.0 Å². The third-order valence-corrected chi connectivity index (χ3v) is 3.85. The number of nitrogens with two attached hydrogens (primary N) is 1. The zero-order chi connectivity index (χ0) is 18.8. The van der Waals surface area contributed by atoms with Crippen LogP contribution in [-0.4, -0.2) is 24.9 Å². The molecule has 4 N–H and O–H groups in total. The lowest BCUT2D eigenvalue weighted by Gasteiger charge is -2.06. The van der Waals surface area contributed by atoms with Gasteiger partial charge in [-0.2, -0.15) is 0 Å². The fourth-order valence-corrected chi connectivity index (χ4v) is 2.28. The molecule has 2 aromatic carbocycles. The summed E-state index contributed by atoms with van der Waals surface area (Å²) in [5.41, 5.74) is 9.09. The first-order valence-electron chi connectivity index (χ1n) is 8.68. The van der Waals surface area contributed by atoms with E-state index in [1.165, 1.54) is 11.6 Å². The molecule has 0 spiro atoms. The highest BCUT2D eigenvalue weighted by atomic mass is 16.2. The third-order valence-electron chi connectivity index (χ3n) is 3.85. The Labute approximate surface area is 154 Å². The summed E-state index contributed by atoms with van der Waals surface area (Å²) in [6.07, 6.45) is 4.05. The quantitative estimate of drug-likeness (QED) is 0.504. The van der Waals surface area contributed by atoms with Gasteiger partial charge in [0.1, 0.15) is 0 Å². The van der Waals surface area contributed by atoms with Crippen LogP contribution in [0.25, 0.3) is 6.08 Å². The van der Waals surface area contributed by atoms with E-state index >= 15 is 0 Å². The second-order valence-corrected chi connectivity index (χ2v) is 6.06. The lowest BCUT2D eigenvalue weighted by Crippen LogP contribution is -2.26. The summed E-state index contributed by atoms with van der Waals surface area (Å²) in [4.78, 5) is 23.8. The maximum absolute atomic E-state index is 11.9. The lowest BCUT2D eigenvalue weighted by atomic mass is 10.1. The summed E-state index contributed by atoms with van der Waals surface area (Å²) in [6, 6.07) is 15.1. The first-order valence-corrected chi connectivity index (χ1v) is 8.68. The van der Waals surface area contributed by atoms with Gasteiger partial charge in [0.05, 0.1) is 0 Å². The van der Waals surface area contributed by atoms with Gasteiger partial charge in [-0.3, -0.25) is 9.59 Å². The Hall–Kier alpha value is -2.92. The molecule has 0 heterocycles. The van der Waals surface area contributed by atoms with Crippen molar-refractivity contribution < 1.29 is 9.59 Å². The first kappa shape index (κ1) is 19.4. The molecule has 0 radical (unpaired) electrons. The van der Waals surface area contributed by atoms with Crippen molar-refractivity contribution in [3.63, 3.8) is 0 Å². The van der Waals surface area contributed by atoms with E-state index in [1.54, 1.807) is 18.2 Å². The van der Waals surface area contributed by atoms with Crippen LogP contribution < -0.4 is 16.4 Å². The third kappa shape index (κ3) is 6.53. The maximum atomic E-state index is 11.9. The largest absolute Gasteiger partial charge is 0.352 e. The van der Waals surface area contributed by atoms with Gasteiger partial charge in [-0.05, 0) is 49.2 Å². The molecule has 2 aromatic rings. The van der Waals surface area contributed by atoms with Gasteiger partial charge in [-0.25, -0.2) is 0 Å². The van der Waals surface area contributed by atoms with E-state index in [1.807, 2.05) is 43.3 Å². The van der Waals surface area contributed by atoms with Crippen LogP contribution in [0, 0.1) is 6.92 Å². The molecule has 0 aliphatic carbocycles. The highest BCUT2D eigenvalue weighted by Gasteiger charge is 2.04. The number of nitrogens with one attached hydrogen (secondary N) is 2. The number of amides is 2. The number of carbonyl (C=O) groups excluding carboxylic acids is 2. The van der Waals surface area contributed by atoms with Crippen molar-refractivity contribution in [2.24, 2.45) is 5.73 Å². The molecule has 0 bridgehead atoms. The van der Waals surface area contributed by atoms with E-state index in [2.05, 4.69) is 10.6 Å². The molecule has 5 nitrogen and oxygen atoms in total. The summed E-state index contributed by atoms with van der Waals surface area (Å²) in [6.45, 7) is 3.55. The number of hydrogen-bond donors (Lipinski definition) is 3. The van der Waals surface area contributed by atoms with Crippen molar-refractivity contribution in [1.29, 1.82) is 0 Å². The molecule has 136 valence electrons. The van der Waals surface area contributed by atoms with Crippen LogP contribution in [0.2, 0.25) is 0 Å². The highest BCUT2D eigenvalue weighted by Crippen LogP contribution is 2.06. The number of carbonyl (C=O) groups is 2. The average Bonchev–Trinajstić information content (AvgIpc) is 2.66. The van der Waals surface area contributed by atoms with E-state index in [4.69, 9.17) is 5.73 Å². The predicted molar refractivity (Wildman–Crippen MR) is 105 cm³/mol. The van der Waals surface area contributed by atoms with E-state index in [0.717, 1.165) is 17.5 Å². The van der Waals surface area contributed by atoms with E-state index in [9.17, 15) is 9.59 Å². The molecule has 0 aliphatic heterocycles. The summed E-state index contributed by atoms with van der Waals surface area (Å²) < 4.78 is 0. The van der Waals surface area contributed by atoms with Gasteiger partial charge >= 0.3 is 0 Å². The molecule has 26 heavy (non-hydrogen) atoms. The second-order valence-electron chi connectivity index (χ2n) is 6.06. The summed E-state index contributed by atoms with van der Waals surface area (Å²) in [7, 11) is 0. The maximum Gasteiger partial charge on any atom is 0.251 e. The topological polar surface area (TPSA) is 84.2 Å². The normalized spacial score (nSPS) is 10.7. The molecule has 0 fully saturated rings. The van der Waals surface area contributed by atoms with Gasteiger partial charge in [0.15, 0.2) is 0 Å². The fourth-order valence-electron chi connectivity index (χ4n) is 2.28. The monoisotopic (exact) mass is 351 g/mol. The second kappa shape index (κ2) is 10.2. The Balaban J connectivity index is 1.80. The Kier molecular flexibility index (Phi) is 7.58. The van der Waals surface area contributed by atoms with Crippen LogP contribution >= 0.6 is 0 Å². The van der Waals surface area contributed by atoms with Crippen LogP contribution in [0.1, 0.15) is 33.5 Å². The number of hydrogen-bond acceptors (Lipinski definition) is 3. The Bertz CT molecular complexity index is 750. The van der Waals surface area contributed by atoms with Gasteiger partial charge in [0, 0.05) is 24.7 Å². The van der Waals surface area contributed by atoms with Crippen molar-refractivity contribution in [2.45, 2.75) is 19.9 Å².